The van der Waals surface area contributed by atoms with Crippen LogP contribution in [0.5, 0.6) is 0 Å². The highest BCUT2D eigenvalue weighted by Gasteiger charge is 2.40. The first-order valence-electron chi connectivity index (χ1n) is 8.50. The molecule has 7 nitrogen and oxygen atoms in total. The first kappa shape index (κ1) is 18.4. The van der Waals surface area contributed by atoms with Crippen LogP contribution < -0.4 is 0 Å². The molecule has 0 saturated carbocycles. The number of piperidine rings is 1. The molecule has 1 N–H and O–H groups in total. The van der Waals surface area contributed by atoms with Gasteiger partial charge < -0.3 is 14.9 Å². The number of aliphatic carboxylic acids is 1. The van der Waals surface area contributed by atoms with E-state index in [2.05, 4.69) is 34.0 Å². The monoisotopic (exact) mass is 334 g/mol. The van der Waals surface area contributed by atoms with Crippen LogP contribution in [0.3, 0.4) is 0 Å². The molecule has 3 heterocycles. The van der Waals surface area contributed by atoms with Crippen molar-refractivity contribution >= 4 is 18.0 Å². The van der Waals surface area contributed by atoms with Crippen LogP contribution in [-0.2, 0) is 4.79 Å². The molecule has 0 bridgehead atoms. The van der Waals surface area contributed by atoms with E-state index in [9.17, 15) is 9.90 Å². The third-order valence-electron chi connectivity index (χ3n) is 4.58. The molecule has 3 aliphatic heterocycles. The minimum atomic E-state index is -0.981. The lowest BCUT2D eigenvalue weighted by atomic mass is 10.0. The number of quaternary nitrogens is 1. The van der Waals surface area contributed by atoms with Crippen molar-refractivity contribution in [1.82, 2.24) is 9.80 Å². The van der Waals surface area contributed by atoms with E-state index >= 15 is 0 Å². The van der Waals surface area contributed by atoms with Gasteiger partial charge in [0.15, 0.2) is 5.57 Å². The number of amidine groups is 1. The van der Waals surface area contributed by atoms with Crippen molar-refractivity contribution in [2.75, 3.05) is 34.2 Å². The van der Waals surface area contributed by atoms with Gasteiger partial charge in [-0.1, -0.05) is 18.9 Å². The number of hydrogen-bond acceptors (Lipinski definition) is 5. The number of carboxylic acids is 1. The number of likely N-dealkylation sites (tertiary alicyclic amines) is 1. The molecular weight excluding hydrogens is 306 g/mol. The minimum Gasteiger partial charge on any atom is -0.477 e. The van der Waals surface area contributed by atoms with Crippen LogP contribution in [0.15, 0.2) is 33.8 Å². The van der Waals surface area contributed by atoms with Crippen LogP contribution in [0, 0.1) is 0 Å². The van der Waals surface area contributed by atoms with Crippen molar-refractivity contribution in [2.45, 2.75) is 32.7 Å². The highest BCUT2D eigenvalue weighted by Crippen LogP contribution is 2.30. The molecule has 0 spiro atoms. The summed E-state index contributed by atoms with van der Waals surface area (Å²) in [6.07, 6.45) is 7.41. The van der Waals surface area contributed by atoms with Gasteiger partial charge in [0.2, 0.25) is 0 Å². The van der Waals surface area contributed by atoms with Gasteiger partial charge in [-0.15, -0.1) is 4.59 Å². The van der Waals surface area contributed by atoms with Crippen LogP contribution in [0.2, 0.25) is 0 Å². The van der Waals surface area contributed by atoms with Gasteiger partial charge >= 0.3 is 5.97 Å². The molecule has 0 aromatic heterocycles. The van der Waals surface area contributed by atoms with Crippen molar-refractivity contribution in [3.8, 4) is 0 Å². The maximum absolute atomic E-state index is 11.3. The Bertz CT molecular complexity index is 612. The Morgan fingerprint density at radius 1 is 1.33 bits per heavy atom. The normalized spacial score (nSPS) is 26.2. The van der Waals surface area contributed by atoms with E-state index in [1.807, 2.05) is 33.2 Å². The molecule has 7 heteroatoms. The molecule has 24 heavy (non-hydrogen) atoms. The Morgan fingerprint density at radius 2 is 1.96 bits per heavy atom. The summed E-state index contributed by atoms with van der Waals surface area (Å²) in [5.74, 6) is 0.345. The van der Waals surface area contributed by atoms with E-state index in [0.717, 1.165) is 31.8 Å². The quantitative estimate of drug-likeness (QED) is 0.781. The lowest BCUT2D eigenvalue weighted by Crippen LogP contribution is -2.45. The van der Waals surface area contributed by atoms with Gasteiger partial charge in [-0.05, 0) is 26.9 Å². The Hall–Kier alpha value is -1.99. The summed E-state index contributed by atoms with van der Waals surface area (Å²) in [6.45, 7) is 5.87. The third kappa shape index (κ3) is 3.42. The fourth-order valence-corrected chi connectivity index (χ4v) is 3.10. The molecule has 0 aromatic carbocycles. The number of carbonyl (C=O) groups is 1. The largest absolute Gasteiger partial charge is 0.477 e. The summed E-state index contributed by atoms with van der Waals surface area (Å²) >= 11 is 0. The minimum absolute atomic E-state index is 0.0826. The van der Waals surface area contributed by atoms with Crippen molar-refractivity contribution in [3.63, 3.8) is 0 Å². The lowest BCUT2D eigenvalue weighted by Gasteiger charge is -2.37. The smallest absolute Gasteiger partial charge is 0.345 e. The van der Waals surface area contributed by atoms with Gasteiger partial charge in [-0.2, -0.15) is 4.99 Å². The van der Waals surface area contributed by atoms with Gasteiger partial charge in [0.25, 0.3) is 5.82 Å². The Morgan fingerprint density at radius 3 is 2.50 bits per heavy atom. The predicted octanol–water partition coefficient (Wildman–Crippen LogP) is 1.71. The van der Waals surface area contributed by atoms with Crippen LogP contribution in [0.4, 0.5) is 0 Å². The molecule has 1 atom stereocenters. The molecule has 132 valence electrons. The molecule has 3 aliphatic rings. The standard InChI is InChI=1S/C15H21N5O2.C2H6/c1-18(2)11-4-7-19(8-5-11)13-6-9-20(3)14(17-13)12(10-16-20)15(21)22;1-2/h6,9-11H,4-5,7-8H2,1-3H3;1-2H3/p+1. The molecule has 0 amide bonds. The zero-order chi connectivity index (χ0) is 17.9. The van der Waals surface area contributed by atoms with Gasteiger partial charge in [-0.3, -0.25) is 0 Å². The second-order valence-electron chi connectivity index (χ2n) is 6.28. The second kappa shape index (κ2) is 7.27. The fourth-order valence-electron chi connectivity index (χ4n) is 3.10. The number of nitrogens with zero attached hydrogens (tertiary/aromatic N) is 5. The molecule has 1 saturated heterocycles. The summed E-state index contributed by atoms with van der Waals surface area (Å²) in [7, 11) is 6.05. The van der Waals surface area contributed by atoms with Crippen molar-refractivity contribution in [2.24, 2.45) is 10.1 Å². The first-order valence-corrected chi connectivity index (χ1v) is 8.50. The van der Waals surface area contributed by atoms with Gasteiger partial charge in [0.1, 0.15) is 25.3 Å². The molecule has 1 unspecified atom stereocenters. The Kier molecular flexibility index (Phi) is 5.56. The van der Waals surface area contributed by atoms with E-state index in [1.54, 1.807) is 0 Å². The van der Waals surface area contributed by atoms with Crippen LogP contribution in [-0.4, -0.2) is 77.8 Å². The van der Waals surface area contributed by atoms with Crippen molar-refractivity contribution in [1.29, 1.82) is 0 Å². The summed E-state index contributed by atoms with van der Waals surface area (Å²) in [5, 5.41) is 13.5. The van der Waals surface area contributed by atoms with Crippen molar-refractivity contribution in [3.05, 3.63) is 23.7 Å². The zero-order valence-corrected chi connectivity index (χ0v) is 15.2. The average Bonchev–Trinajstić information content (AvgIpc) is 2.93. The Balaban J connectivity index is 0.00000100. The SMILES string of the molecule is CC.CN(C)C1CCN(C2=NC3=C(C(=O)O)C=N[N+]3(C)C=C2)CC1. The first-order chi connectivity index (χ1) is 11.4. The van der Waals surface area contributed by atoms with Crippen LogP contribution in [0.25, 0.3) is 0 Å². The van der Waals surface area contributed by atoms with E-state index < -0.39 is 5.97 Å². The van der Waals surface area contributed by atoms with Crippen molar-refractivity contribution < 1.29 is 14.5 Å². The van der Waals surface area contributed by atoms with E-state index in [1.165, 1.54) is 6.21 Å². The number of fused-ring (bicyclic) bond motifs is 1. The summed E-state index contributed by atoms with van der Waals surface area (Å²) in [6, 6.07) is 0.606. The number of rotatable bonds is 2. The summed E-state index contributed by atoms with van der Waals surface area (Å²) in [4.78, 5) is 20.4. The Labute approximate surface area is 143 Å². The topological polar surface area (TPSA) is 68.5 Å². The average molecular weight is 334 g/mol. The highest BCUT2D eigenvalue weighted by molar-refractivity contribution is 6.10. The third-order valence-corrected chi connectivity index (χ3v) is 4.58. The molecule has 0 aromatic rings. The number of hydrogen-bond donors (Lipinski definition) is 1. The highest BCUT2D eigenvalue weighted by atomic mass is 16.4. The van der Waals surface area contributed by atoms with E-state index in [4.69, 9.17) is 0 Å². The number of aliphatic imine (C=N–C) groups is 1. The predicted molar refractivity (Wildman–Crippen MR) is 95.5 cm³/mol. The van der Waals surface area contributed by atoms with Crippen LogP contribution in [0.1, 0.15) is 26.7 Å². The van der Waals surface area contributed by atoms with Gasteiger partial charge in [0.05, 0.1) is 0 Å². The van der Waals surface area contributed by atoms with E-state index in [0.29, 0.717) is 11.9 Å². The van der Waals surface area contributed by atoms with Crippen LogP contribution >= 0.6 is 0 Å². The summed E-state index contributed by atoms with van der Waals surface area (Å²) in [5.41, 5.74) is 0.174. The van der Waals surface area contributed by atoms with Gasteiger partial charge in [-0.25, -0.2) is 4.79 Å². The fraction of sp³-hybridized carbons (Fsp3) is 0.588. The second-order valence-corrected chi connectivity index (χ2v) is 6.28. The van der Waals surface area contributed by atoms with Gasteiger partial charge in [0, 0.05) is 25.2 Å². The number of carboxylic acid groups (broad SMARTS) is 1. The zero-order valence-electron chi connectivity index (χ0n) is 15.2. The molecular formula is C17H28N5O2+. The maximum atomic E-state index is 11.3. The molecule has 3 rings (SSSR count). The van der Waals surface area contributed by atoms with E-state index in [-0.39, 0.29) is 10.2 Å². The lowest BCUT2D eigenvalue weighted by molar-refractivity contribution is -0.825. The molecule has 1 fully saturated rings. The molecule has 0 radical (unpaired) electrons. The summed E-state index contributed by atoms with van der Waals surface area (Å²) < 4.78 is 0.0826. The maximum Gasteiger partial charge on any atom is 0.345 e. The molecule has 0 aliphatic carbocycles.